The molecule has 4 heteroatoms. The Labute approximate surface area is 115 Å². The van der Waals surface area contributed by atoms with Gasteiger partial charge in [-0.05, 0) is 25.8 Å². The lowest BCUT2D eigenvalue weighted by molar-refractivity contribution is -0.130. The molecule has 0 N–H and O–H groups in total. The van der Waals surface area contributed by atoms with E-state index in [1.54, 1.807) is 17.1 Å². The third kappa shape index (κ3) is 3.81. The van der Waals surface area contributed by atoms with Crippen LogP contribution >= 0.6 is 0 Å². The molecule has 0 radical (unpaired) electrons. The van der Waals surface area contributed by atoms with Crippen molar-refractivity contribution in [1.29, 1.82) is 0 Å². The van der Waals surface area contributed by atoms with Crippen molar-refractivity contribution in [2.45, 2.75) is 26.7 Å². The van der Waals surface area contributed by atoms with Gasteiger partial charge >= 0.3 is 0 Å². The molecule has 0 bridgehead atoms. The second kappa shape index (κ2) is 6.92. The second-order valence-electron chi connectivity index (χ2n) is 4.65. The van der Waals surface area contributed by atoms with Crippen LogP contribution in [0.25, 0.3) is 0 Å². The van der Waals surface area contributed by atoms with Crippen LogP contribution in [0.1, 0.15) is 23.4 Å². The van der Waals surface area contributed by atoms with Crippen molar-refractivity contribution in [3.63, 3.8) is 0 Å². The zero-order valence-corrected chi connectivity index (χ0v) is 12.1. The number of nitrogens with zero attached hydrogens (tertiary/aromatic N) is 3. The summed E-state index contributed by atoms with van der Waals surface area (Å²) in [4.78, 5) is 13.9. The van der Waals surface area contributed by atoms with Gasteiger partial charge in [0.2, 0.25) is 5.91 Å². The van der Waals surface area contributed by atoms with E-state index in [2.05, 4.69) is 18.3 Å². The van der Waals surface area contributed by atoms with E-state index in [4.69, 9.17) is 0 Å². The van der Waals surface area contributed by atoms with Crippen molar-refractivity contribution in [2.24, 2.45) is 7.05 Å². The summed E-state index contributed by atoms with van der Waals surface area (Å²) >= 11 is 0. The smallest absolute Gasteiger partial charge is 0.223 e. The van der Waals surface area contributed by atoms with Crippen LogP contribution in [0.15, 0.2) is 25.3 Å². The maximum atomic E-state index is 12.1. The predicted molar refractivity (Wildman–Crippen MR) is 78.0 cm³/mol. The second-order valence-corrected chi connectivity index (χ2v) is 4.65. The number of rotatable bonds is 7. The van der Waals surface area contributed by atoms with Crippen molar-refractivity contribution >= 4 is 5.91 Å². The van der Waals surface area contributed by atoms with E-state index in [1.165, 1.54) is 5.56 Å². The Kier molecular flexibility index (Phi) is 5.55. The number of hydrogen-bond donors (Lipinski definition) is 0. The van der Waals surface area contributed by atoms with Crippen molar-refractivity contribution in [2.75, 3.05) is 13.1 Å². The number of aromatic nitrogens is 2. The largest absolute Gasteiger partial charge is 0.335 e. The molecule has 0 saturated carbocycles. The molecule has 1 heterocycles. The van der Waals surface area contributed by atoms with E-state index in [9.17, 15) is 4.79 Å². The molecule has 4 nitrogen and oxygen atoms in total. The molecule has 1 rings (SSSR count). The van der Waals surface area contributed by atoms with Gasteiger partial charge in [0.25, 0.3) is 0 Å². The summed E-state index contributed by atoms with van der Waals surface area (Å²) in [5.41, 5.74) is 3.31. The van der Waals surface area contributed by atoms with Gasteiger partial charge in [-0.3, -0.25) is 9.48 Å². The van der Waals surface area contributed by atoms with Crippen LogP contribution in [0.3, 0.4) is 0 Å². The van der Waals surface area contributed by atoms with Crippen molar-refractivity contribution in [3.8, 4) is 0 Å². The lowest BCUT2D eigenvalue weighted by atomic mass is 10.1. The highest BCUT2D eigenvalue weighted by atomic mass is 16.2. The summed E-state index contributed by atoms with van der Waals surface area (Å²) < 4.78 is 1.86. The van der Waals surface area contributed by atoms with Crippen molar-refractivity contribution in [3.05, 3.63) is 42.3 Å². The average molecular weight is 261 g/mol. The Morgan fingerprint density at radius 1 is 1.32 bits per heavy atom. The van der Waals surface area contributed by atoms with Gasteiger partial charge in [0.15, 0.2) is 0 Å². The van der Waals surface area contributed by atoms with Crippen molar-refractivity contribution in [1.82, 2.24) is 14.7 Å². The Morgan fingerprint density at radius 3 is 2.32 bits per heavy atom. The zero-order chi connectivity index (χ0) is 14.4. The predicted octanol–water partition coefficient (Wildman–Crippen LogP) is 2.17. The minimum atomic E-state index is 0.127. The number of hydrogen-bond acceptors (Lipinski definition) is 2. The molecule has 0 aromatic carbocycles. The first kappa shape index (κ1) is 15.2. The van der Waals surface area contributed by atoms with Gasteiger partial charge in [-0.1, -0.05) is 12.2 Å². The summed E-state index contributed by atoms with van der Waals surface area (Å²) in [6, 6.07) is 0. The van der Waals surface area contributed by atoms with Crippen LogP contribution in [-0.4, -0.2) is 33.7 Å². The highest BCUT2D eigenvalue weighted by Crippen LogP contribution is 2.14. The van der Waals surface area contributed by atoms with Crippen LogP contribution in [0.4, 0.5) is 0 Å². The molecule has 0 saturated heterocycles. The van der Waals surface area contributed by atoms with Gasteiger partial charge < -0.3 is 4.90 Å². The number of carbonyl (C=O) groups excluding carboxylic acids is 1. The number of carbonyl (C=O) groups is 1. The Morgan fingerprint density at radius 2 is 1.89 bits per heavy atom. The molecule has 1 aromatic heterocycles. The number of amides is 1. The standard InChI is InChI=1S/C15H23N3O/c1-6-10-18(11-7-2)15(19)9-8-14-12(3)16-17(5)13(14)4/h6-7H,1-2,8-11H2,3-5H3. The lowest BCUT2D eigenvalue weighted by Crippen LogP contribution is -2.31. The third-order valence-corrected chi connectivity index (χ3v) is 3.30. The van der Waals surface area contributed by atoms with Gasteiger partial charge in [-0.25, -0.2) is 0 Å². The van der Waals surface area contributed by atoms with E-state index >= 15 is 0 Å². The fourth-order valence-electron chi connectivity index (χ4n) is 2.16. The minimum Gasteiger partial charge on any atom is -0.335 e. The molecule has 1 aromatic rings. The van der Waals surface area contributed by atoms with E-state index in [-0.39, 0.29) is 5.91 Å². The van der Waals surface area contributed by atoms with Crippen LogP contribution in [0.5, 0.6) is 0 Å². The first-order valence-corrected chi connectivity index (χ1v) is 6.49. The van der Waals surface area contributed by atoms with Crippen LogP contribution in [-0.2, 0) is 18.3 Å². The van der Waals surface area contributed by atoms with Gasteiger partial charge in [0, 0.05) is 32.3 Å². The van der Waals surface area contributed by atoms with Gasteiger partial charge in [0.05, 0.1) is 5.69 Å². The summed E-state index contributed by atoms with van der Waals surface area (Å²) in [6.07, 6.45) is 4.70. The van der Waals surface area contributed by atoms with Gasteiger partial charge in [0.1, 0.15) is 0 Å². The molecule has 0 atom stereocenters. The molecule has 0 aliphatic carbocycles. The molecular weight excluding hydrogens is 238 g/mol. The Hall–Kier alpha value is -1.84. The van der Waals surface area contributed by atoms with E-state index in [1.807, 2.05) is 25.6 Å². The molecule has 1 amide bonds. The molecule has 0 spiro atoms. The molecule has 104 valence electrons. The van der Waals surface area contributed by atoms with E-state index in [0.717, 1.165) is 17.8 Å². The highest BCUT2D eigenvalue weighted by molar-refractivity contribution is 5.76. The summed E-state index contributed by atoms with van der Waals surface area (Å²) in [5.74, 6) is 0.127. The SMILES string of the molecule is C=CCN(CC=C)C(=O)CCc1c(C)nn(C)c1C. The molecule has 0 fully saturated rings. The minimum absolute atomic E-state index is 0.127. The maximum Gasteiger partial charge on any atom is 0.223 e. The molecular formula is C15H23N3O. The maximum absolute atomic E-state index is 12.1. The monoisotopic (exact) mass is 261 g/mol. The molecule has 0 aliphatic heterocycles. The van der Waals surface area contributed by atoms with Crippen LogP contribution in [0, 0.1) is 13.8 Å². The van der Waals surface area contributed by atoms with E-state index in [0.29, 0.717) is 19.5 Å². The molecule has 19 heavy (non-hydrogen) atoms. The first-order chi connectivity index (χ1) is 9.01. The van der Waals surface area contributed by atoms with Crippen LogP contribution < -0.4 is 0 Å². The topological polar surface area (TPSA) is 38.1 Å². The normalized spacial score (nSPS) is 10.3. The fourth-order valence-corrected chi connectivity index (χ4v) is 2.16. The fraction of sp³-hybridized carbons (Fsp3) is 0.467. The van der Waals surface area contributed by atoms with Gasteiger partial charge in [-0.15, -0.1) is 13.2 Å². The van der Waals surface area contributed by atoms with Crippen LogP contribution in [0.2, 0.25) is 0 Å². The molecule has 0 aliphatic rings. The number of aryl methyl sites for hydroxylation is 2. The van der Waals surface area contributed by atoms with Crippen molar-refractivity contribution < 1.29 is 4.79 Å². The molecule has 0 unspecified atom stereocenters. The van der Waals surface area contributed by atoms with E-state index < -0.39 is 0 Å². The highest BCUT2D eigenvalue weighted by Gasteiger charge is 2.14. The van der Waals surface area contributed by atoms with Gasteiger partial charge in [-0.2, -0.15) is 5.10 Å². The Bertz CT molecular complexity index is 464. The summed E-state index contributed by atoms with van der Waals surface area (Å²) in [7, 11) is 1.93. The Balaban J connectivity index is 2.66. The zero-order valence-electron chi connectivity index (χ0n) is 12.1. The quantitative estimate of drug-likeness (QED) is 0.706. The average Bonchev–Trinajstić information content (AvgIpc) is 2.61. The summed E-state index contributed by atoms with van der Waals surface area (Å²) in [6.45, 7) is 12.5. The summed E-state index contributed by atoms with van der Waals surface area (Å²) in [5, 5.41) is 4.37. The first-order valence-electron chi connectivity index (χ1n) is 6.49. The third-order valence-electron chi connectivity index (χ3n) is 3.30. The lowest BCUT2D eigenvalue weighted by Gasteiger charge is -2.19.